The third kappa shape index (κ3) is 4.80. The van der Waals surface area contributed by atoms with Gasteiger partial charge in [0.1, 0.15) is 4.88 Å². The molecule has 0 unspecified atom stereocenters. The van der Waals surface area contributed by atoms with Gasteiger partial charge < -0.3 is 15.7 Å². The lowest BCUT2D eigenvalue weighted by Gasteiger charge is -2.21. The van der Waals surface area contributed by atoms with Gasteiger partial charge in [-0.25, -0.2) is 4.98 Å². The van der Waals surface area contributed by atoms with Crippen LogP contribution >= 0.6 is 11.3 Å². The van der Waals surface area contributed by atoms with Gasteiger partial charge in [0.15, 0.2) is 5.13 Å². The van der Waals surface area contributed by atoms with Crippen LogP contribution in [-0.2, 0) is 0 Å². The Morgan fingerprint density at radius 1 is 1.37 bits per heavy atom. The van der Waals surface area contributed by atoms with E-state index in [9.17, 15) is 4.79 Å². The third-order valence-electron chi connectivity index (χ3n) is 2.95. The normalized spacial score (nSPS) is 10.7. The highest BCUT2D eigenvalue weighted by Crippen LogP contribution is 2.21. The second-order valence-electron chi connectivity index (χ2n) is 4.54. The Hall–Kier alpha value is -1.14. The van der Waals surface area contributed by atoms with Crippen LogP contribution in [-0.4, -0.2) is 40.6 Å². The van der Waals surface area contributed by atoms with Crippen LogP contribution in [0.25, 0.3) is 0 Å². The molecule has 0 saturated heterocycles. The topological polar surface area (TPSA) is 79.5 Å². The Morgan fingerprint density at radius 3 is 2.63 bits per heavy atom. The van der Waals surface area contributed by atoms with Crippen LogP contribution < -0.4 is 5.73 Å². The summed E-state index contributed by atoms with van der Waals surface area (Å²) in [5.41, 5.74) is 6.29. The first-order valence-corrected chi connectivity index (χ1v) is 7.54. The molecule has 0 spiro atoms. The lowest BCUT2D eigenvalue weighted by atomic mass is 10.2. The first-order chi connectivity index (χ1) is 9.10. The minimum atomic E-state index is -0.0720. The molecule has 0 saturated carbocycles. The fourth-order valence-electron chi connectivity index (χ4n) is 1.92. The molecule has 0 atom stereocenters. The van der Waals surface area contributed by atoms with Crippen molar-refractivity contribution < 1.29 is 9.90 Å². The fourth-order valence-corrected chi connectivity index (χ4v) is 2.73. The Morgan fingerprint density at radius 2 is 2.11 bits per heavy atom. The van der Waals surface area contributed by atoms with Crippen LogP contribution in [0.15, 0.2) is 0 Å². The van der Waals surface area contributed by atoms with Gasteiger partial charge in [-0.3, -0.25) is 4.79 Å². The molecule has 1 aromatic rings. The summed E-state index contributed by atoms with van der Waals surface area (Å²) in [5, 5.41) is 9.49. The molecule has 0 aliphatic heterocycles. The minimum Gasteiger partial charge on any atom is -0.395 e. The molecule has 6 heteroatoms. The summed E-state index contributed by atoms with van der Waals surface area (Å²) in [6.45, 7) is 4.96. The summed E-state index contributed by atoms with van der Waals surface area (Å²) >= 11 is 1.21. The lowest BCUT2D eigenvalue weighted by Crippen LogP contribution is -2.34. The number of rotatable bonds is 8. The number of hydrogen-bond acceptors (Lipinski definition) is 5. The van der Waals surface area contributed by atoms with Crippen molar-refractivity contribution in [3.63, 3.8) is 0 Å². The molecular formula is C13H23N3O2S. The smallest absolute Gasteiger partial charge is 0.266 e. The van der Waals surface area contributed by atoms with E-state index in [1.165, 1.54) is 24.2 Å². The van der Waals surface area contributed by atoms with Crippen molar-refractivity contribution in [2.24, 2.45) is 0 Å². The molecule has 1 rings (SSSR count). The van der Waals surface area contributed by atoms with Gasteiger partial charge in [-0.15, -0.1) is 0 Å². The number of anilines is 1. The number of aliphatic hydroxyl groups excluding tert-OH is 1. The summed E-state index contributed by atoms with van der Waals surface area (Å²) in [4.78, 5) is 18.7. The van der Waals surface area contributed by atoms with E-state index in [0.29, 0.717) is 28.8 Å². The maximum Gasteiger partial charge on any atom is 0.266 e. The third-order valence-corrected chi connectivity index (χ3v) is 3.92. The second-order valence-corrected chi connectivity index (χ2v) is 5.57. The summed E-state index contributed by atoms with van der Waals surface area (Å²) in [5.74, 6) is -0.0720. The maximum absolute atomic E-state index is 12.4. The van der Waals surface area contributed by atoms with Gasteiger partial charge >= 0.3 is 0 Å². The molecule has 19 heavy (non-hydrogen) atoms. The maximum atomic E-state index is 12.4. The summed E-state index contributed by atoms with van der Waals surface area (Å²) in [6.07, 6.45) is 4.41. The van der Waals surface area contributed by atoms with Crippen molar-refractivity contribution in [2.75, 3.05) is 25.4 Å². The molecule has 0 aliphatic rings. The molecule has 1 aromatic heterocycles. The number of nitrogens with two attached hydrogens (primary N) is 1. The molecular weight excluding hydrogens is 262 g/mol. The Kier molecular flexibility index (Phi) is 6.80. The summed E-state index contributed by atoms with van der Waals surface area (Å²) in [6, 6.07) is 0. The molecule has 1 heterocycles. The van der Waals surface area contributed by atoms with E-state index >= 15 is 0 Å². The average molecular weight is 285 g/mol. The molecule has 0 fully saturated rings. The minimum absolute atomic E-state index is 0.0210. The summed E-state index contributed by atoms with van der Waals surface area (Å²) < 4.78 is 0. The number of aryl methyl sites for hydroxylation is 1. The number of thiazole rings is 1. The monoisotopic (exact) mass is 285 g/mol. The van der Waals surface area contributed by atoms with Gasteiger partial charge in [0, 0.05) is 13.1 Å². The van der Waals surface area contributed by atoms with Gasteiger partial charge in [-0.05, 0) is 13.3 Å². The van der Waals surface area contributed by atoms with E-state index in [4.69, 9.17) is 10.8 Å². The zero-order valence-electron chi connectivity index (χ0n) is 11.7. The van der Waals surface area contributed by atoms with Crippen molar-refractivity contribution in [2.45, 2.75) is 39.5 Å². The van der Waals surface area contributed by atoms with E-state index < -0.39 is 0 Å². The van der Waals surface area contributed by atoms with Crippen molar-refractivity contribution in [1.82, 2.24) is 9.88 Å². The predicted octanol–water partition coefficient (Wildman–Crippen LogP) is 2.05. The number of aliphatic hydroxyl groups is 1. The largest absolute Gasteiger partial charge is 0.395 e. The van der Waals surface area contributed by atoms with Gasteiger partial charge in [0.25, 0.3) is 5.91 Å². The van der Waals surface area contributed by atoms with Crippen LogP contribution in [0.1, 0.15) is 48.0 Å². The molecule has 0 aliphatic carbocycles. The number of aromatic nitrogens is 1. The van der Waals surface area contributed by atoms with Gasteiger partial charge in [0.2, 0.25) is 0 Å². The quantitative estimate of drug-likeness (QED) is 0.716. The highest BCUT2D eigenvalue weighted by molar-refractivity contribution is 7.17. The van der Waals surface area contributed by atoms with E-state index in [2.05, 4.69) is 11.9 Å². The van der Waals surface area contributed by atoms with Crippen LogP contribution in [0.4, 0.5) is 5.13 Å². The van der Waals surface area contributed by atoms with E-state index in [0.717, 1.165) is 12.8 Å². The highest BCUT2D eigenvalue weighted by atomic mass is 32.1. The number of carbonyl (C=O) groups excluding carboxylic acids is 1. The lowest BCUT2D eigenvalue weighted by molar-refractivity contribution is 0.0722. The summed E-state index contributed by atoms with van der Waals surface area (Å²) in [7, 11) is 0. The predicted molar refractivity (Wildman–Crippen MR) is 78.4 cm³/mol. The van der Waals surface area contributed by atoms with Crippen molar-refractivity contribution >= 4 is 22.4 Å². The van der Waals surface area contributed by atoms with Gasteiger partial charge in [-0.1, -0.05) is 37.5 Å². The zero-order chi connectivity index (χ0) is 14.3. The van der Waals surface area contributed by atoms with Crippen LogP contribution in [0.2, 0.25) is 0 Å². The molecule has 0 aromatic carbocycles. The number of hydrogen-bond donors (Lipinski definition) is 2. The second kappa shape index (κ2) is 8.12. The zero-order valence-corrected chi connectivity index (χ0v) is 12.5. The Labute approximate surface area is 118 Å². The van der Waals surface area contributed by atoms with E-state index in [-0.39, 0.29) is 12.5 Å². The molecule has 5 nitrogen and oxygen atoms in total. The molecule has 108 valence electrons. The van der Waals surface area contributed by atoms with Crippen molar-refractivity contribution in [3.05, 3.63) is 10.6 Å². The average Bonchev–Trinajstić information content (AvgIpc) is 2.71. The number of unbranched alkanes of at least 4 members (excludes halogenated alkanes) is 3. The molecule has 0 radical (unpaired) electrons. The molecule has 0 bridgehead atoms. The van der Waals surface area contributed by atoms with Gasteiger partial charge in [0.05, 0.1) is 12.3 Å². The first kappa shape index (κ1) is 15.9. The highest BCUT2D eigenvalue weighted by Gasteiger charge is 2.20. The van der Waals surface area contributed by atoms with Crippen LogP contribution in [0, 0.1) is 6.92 Å². The molecule has 3 N–H and O–H groups in total. The Balaban J connectivity index is 2.64. The standard InChI is InChI=1S/C13H23N3O2S/c1-3-4-5-6-7-16(8-9-17)12(18)11-10(2)15-13(14)19-11/h17H,3-9H2,1-2H3,(H2,14,15). The fraction of sp³-hybridized carbons (Fsp3) is 0.692. The number of carbonyl (C=O) groups is 1. The van der Waals surface area contributed by atoms with Crippen LogP contribution in [0.3, 0.4) is 0 Å². The van der Waals surface area contributed by atoms with Crippen LogP contribution in [0.5, 0.6) is 0 Å². The number of nitrogen functional groups attached to an aromatic ring is 1. The number of nitrogens with zero attached hydrogens (tertiary/aromatic N) is 2. The van der Waals surface area contributed by atoms with Crippen molar-refractivity contribution in [3.8, 4) is 0 Å². The van der Waals surface area contributed by atoms with E-state index in [1.54, 1.807) is 11.8 Å². The number of amides is 1. The van der Waals surface area contributed by atoms with E-state index in [1.807, 2.05) is 0 Å². The Bertz CT molecular complexity index is 407. The molecule has 1 amide bonds. The van der Waals surface area contributed by atoms with Crippen molar-refractivity contribution in [1.29, 1.82) is 0 Å². The SMILES string of the molecule is CCCCCCN(CCO)C(=O)c1sc(N)nc1C. The first-order valence-electron chi connectivity index (χ1n) is 6.73. The van der Waals surface area contributed by atoms with Gasteiger partial charge in [-0.2, -0.15) is 0 Å².